The first-order valence-electron chi connectivity index (χ1n) is 2.80. The Morgan fingerprint density at radius 3 is 2.60 bits per heavy atom. The highest BCUT2D eigenvalue weighted by molar-refractivity contribution is 7.86. The topological polar surface area (TPSA) is 54.4 Å². The normalized spacial score (nSPS) is 25.1. The lowest BCUT2D eigenvalue weighted by Crippen LogP contribution is -2.18. The zero-order valence-corrected chi connectivity index (χ0v) is 6.00. The van der Waals surface area contributed by atoms with Crippen LogP contribution in [-0.4, -0.2) is 18.2 Å². The Kier molecular flexibility index (Phi) is 1.92. The van der Waals surface area contributed by atoms with Crippen molar-refractivity contribution in [1.82, 2.24) is 0 Å². The van der Waals surface area contributed by atoms with Gasteiger partial charge < -0.3 is 0 Å². The minimum atomic E-state index is -3.90. The van der Waals surface area contributed by atoms with Gasteiger partial charge in [-0.15, -0.1) is 0 Å². The van der Waals surface area contributed by atoms with Gasteiger partial charge in [-0.1, -0.05) is 18.2 Å². The fourth-order valence-electron chi connectivity index (χ4n) is 0.704. The number of hydrogen-bond acceptors (Lipinski definition) is 2. The van der Waals surface area contributed by atoms with E-state index in [2.05, 4.69) is 6.08 Å². The second-order valence-electron chi connectivity index (χ2n) is 2.01. The first kappa shape index (κ1) is 7.50. The Morgan fingerprint density at radius 2 is 2.30 bits per heavy atom. The molecule has 0 spiro atoms. The monoisotopic (exact) mass is 159 g/mol. The highest BCUT2D eigenvalue weighted by atomic mass is 32.2. The van der Waals surface area contributed by atoms with Crippen molar-refractivity contribution >= 4 is 10.1 Å². The highest BCUT2D eigenvalue weighted by Gasteiger charge is 2.19. The molecule has 0 saturated carbocycles. The van der Waals surface area contributed by atoms with Crippen molar-refractivity contribution in [2.24, 2.45) is 0 Å². The zero-order chi connectivity index (χ0) is 7.61. The van der Waals surface area contributed by atoms with Gasteiger partial charge in [0.15, 0.2) is 0 Å². The summed E-state index contributed by atoms with van der Waals surface area (Å²) >= 11 is 0. The van der Waals surface area contributed by atoms with Crippen molar-refractivity contribution < 1.29 is 13.0 Å². The van der Waals surface area contributed by atoms with E-state index >= 15 is 0 Å². The van der Waals surface area contributed by atoms with E-state index in [1.807, 2.05) is 0 Å². The van der Waals surface area contributed by atoms with Crippen LogP contribution < -0.4 is 0 Å². The summed E-state index contributed by atoms with van der Waals surface area (Å²) in [5, 5.41) is -0.794. The number of allylic oxidation sites excluding steroid dienone is 3. The molecule has 1 aliphatic rings. The Morgan fingerprint density at radius 1 is 1.60 bits per heavy atom. The molecule has 1 atom stereocenters. The Bertz CT molecular complexity index is 261. The molecule has 1 radical (unpaired) electrons. The first-order valence-corrected chi connectivity index (χ1v) is 4.31. The lowest BCUT2D eigenvalue weighted by atomic mass is 10.2. The van der Waals surface area contributed by atoms with E-state index in [1.54, 1.807) is 12.2 Å². The molecule has 0 aromatic rings. The molecule has 0 heterocycles. The third-order valence-electron chi connectivity index (χ3n) is 1.24. The summed E-state index contributed by atoms with van der Waals surface area (Å²) in [5.74, 6) is 0. The molecule has 0 aliphatic heterocycles. The van der Waals surface area contributed by atoms with Gasteiger partial charge in [0, 0.05) is 0 Å². The van der Waals surface area contributed by atoms with Crippen molar-refractivity contribution in [2.75, 3.05) is 0 Å². The van der Waals surface area contributed by atoms with Crippen LogP contribution in [0, 0.1) is 6.08 Å². The Balaban J connectivity index is 2.79. The van der Waals surface area contributed by atoms with E-state index < -0.39 is 15.4 Å². The van der Waals surface area contributed by atoms with Crippen LogP contribution in [0.15, 0.2) is 18.2 Å². The van der Waals surface area contributed by atoms with E-state index in [1.165, 1.54) is 6.08 Å². The van der Waals surface area contributed by atoms with Gasteiger partial charge in [-0.25, -0.2) is 0 Å². The minimum Gasteiger partial charge on any atom is -0.285 e. The molecule has 1 aliphatic carbocycles. The van der Waals surface area contributed by atoms with Gasteiger partial charge in [0.1, 0.15) is 5.25 Å². The molecular weight excluding hydrogens is 152 g/mol. The van der Waals surface area contributed by atoms with Gasteiger partial charge in [0.2, 0.25) is 0 Å². The summed E-state index contributed by atoms with van der Waals surface area (Å²) in [6.45, 7) is 0. The molecule has 0 fully saturated rings. The van der Waals surface area contributed by atoms with Gasteiger partial charge in [0.05, 0.1) is 0 Å². The maximum absolute atomic E-state index is 10.4. The fraction of sp³-hybridized carbons (Fsp3) is 0.333. The summed E-state index contributed by atoms with van der Waals surface area (Å²) in [4.78, 5) is 0. The van der Waals surface area contributed by atoms with Gasteiger partial charge >= 0.3 is 0 Å². The molecular formula is C6H7O3S. The lowest BCUT2D eigenvalue weighted by molar-refractivity contribution is 0.474. The molecule has 4 heteroatoms. The standard InChI is InChI=1S/C6H7O3S/c7-10(8,9)6-4-2-1-3-5-6/h1-2,4,6H,5H2,(H,7,8,9)/t6-/m1/s1. The predicted molar refractivity (Wildman–Crippen MR) is 36.9 cm³/mol. The average Bonchev–Trinajstić information content (AvgIpc) is 1.88. The van der Waals surface area contributed by atoms with Crippen LogP contribution in [0.1, 0.15) is 6.42 Å². The van der Waals surface area contributed by atoms with Crippen LogP contribution in [0.25, 0.3) is 0 Å². The zero-order valence-electron chi connectivity index (χ0n) is 5.19. The Labute approximate surface area is 59.8 Å². The van der Waals surface area contributed by atoms with Gasteiger partial charge in [-0.2, -0.15) is 8.42 Å². The highest BCUT2D eigenvalue weighted by Crippen LogP contribution is 2.09. The maximum atomic E-state index is 10.4. The van der Waals surface area contributed by atoms with Crippen LogP contribution >= 0.6 is 0 Å². The summed E-state index contributed by atoms with van der Waals surface area (Å²) < 4.78 is 29.4. The molecule has 3 nitrogen and oxygen atoms in total. The SMILES string of the molecule is O=S(=O)(O)[C@@H]1C=CC=[C]C1. The predicted octanol–water partition coefficient (Wildman–Crippen LogP) is 0.562. The smallest absolute Gasteiger partial charge is 0.271 e. The van der Waals surface area contributed by atoms with Crippen molar-refractivity contribution in [3.63, 3.8) is 0 Å². The molecule has 1 N–H and O–H groups in total. The molecule has 55 valence electrons. The van der Waals surface area contributed by atoms with Crippen molar-refractivity contribution in [1.29, 1.82) is 0 Å². The average molecular weight is 159 g/mol. The van der Waals surface area contributed by atoms with Gasteiger partial charge in [-0.3, -0.25) is 4.55 Å². The van der Waals surface area contributed by atoms with E-state index in [0.717, 1.165) is 0 Å². The van der Waals surface area contributed by atoms with Gasteiger partial charge in [-0.05, 0) is 12.5 Å². The minimum absolute atomic E-state index is 0.245. The second kappa shape index (κ2) is 2.56. The molecule has 0 bridgehead atoms. The third kappa shape index (κ3) is 1.68. The van der Waals surface area contributed by atoms with Crippen molar-refractivity contribution in [3.05, 3.63) is 24.3 Å². The molecule has 0 aromatic heterocycles. The molecule has 1 rings (SSSR count). The number of hydrogen-bond donors (Lipinski definition) is 1. The lowest BCUT2D eigenvalue weighted by Gasteiger charge is -2.07. The second-order valence-corrected chi connectivity index (χ2v) is 3.65. The van der Waals surface area contributed by atoms with E-state index in [-0.39, 0.29) is 6.42 Å². The molecule has 0 amide bonds. The summed E-state index contributed by atoms with van der Waals surface area (Å²) in [7, 11) is -3.90. The summed E-state index contributed by atoms with van der Waals surface area (Å²) in [6, 6.07) is 0. The quantitative estimate of drug-likeness (QED) is 0.569. The van der Waals surface area contributed by atoms with Crippen molar-refractivity contribution in [3.8, 4) is 0 Å². The van der Waals surface area contributed by atoms with Crippen LogP contribution in [0.4, 0.5) is 0 Å². The number of rotatable bonds is 1. The van der Waals surface area contributed by atoms with E-state index in [0.29, 0.717) is 0 Å². The van der Waals surface area contributed by atoms with Gasteiger partial charge in [0.25, 0.3) is 10.1 Å². The molecule has 10 heavy (non-hydrogen) atoms. The summed E-state index contributed by atoms with van der Waals surface area (Å²) in [5.41, 5.74) is 0. The maximum Gasteiger partial charge on any atom is 0.271 e. The summed E-state index contributed by atoms with van der Waals surface area (Å²) in [6.07, 6.45) is 7.56. The fourth-order valence-corrected chi connectivity index (χ4v) is 1.30. The van der Waals surface area contributed by atoms with E-state index in [9.17, 15) is 8.42 Å². The van der Waals surface area contributed by atoms with Crippen LogP contribution in [-0.2, 0) is 10.1 Å². The molecule has 0 saturated heterocycles. The van der Waals surface area contributed by atoms with Crippen LogP contribution in [0.3, 0.4) is 0 Å². The molecule has 0 unspecified atom stereocenters. The molecule has 0 aromatic carbocycles. The van der Waals surface area contributed by atoms with Crippen LogP contribution in [0.2, 0.25) is 0 Å². The van der Waals surface area contributed by atoms with Crippen molar-refractivity contribution in [2.45, 2.75) is 11.7 Å². The first-order chi connectivity index (χ1) is 4.61. The third-order valence-corrected chi connectivity index (χ3v) is 2.33. The largest absolute Gasteiger partial charge is 0.285 e. The van der Waals surface area contributed by atoms with Crippen LogP contribution in [0.5, 0.6) is 0 Å². The van der Waals surface area contributed by atoms with E-state index in [4.69, 9.17) is 4.55 Å². The Hall–Kier alpha value is -0.610.